The smallest absolute Gasteiger partial charge is 0.246 e. The summed E-state index contributed by atoms with van der Waals surface area (Å²) in [5.74, 6) is -0.360. The van der Waals surface area contributed by atoms with Gasteiger partial charge < -0.3 is 16.0 Å². The molecule has 6 heteroatoms. The number of hydrogen-bond donors (Lipinski definition) is 2. The summed E-state index contributed by atoms with van der Waals surface area (Å²) in [5.41, 5.74) is 7.19. The van der Waals surface area contributed by atoms with Crippen LogP contribution in [0.2, 0.25) is 0 Å². The van der Waals surface area contributed by atoms with Crippen molar-refractivity contribution in [3.63, 3.8) is 0 Å². The topological polar surface area (TPSA) is 75.4 Å². The number of halogens is 1. The van der Waals surface area contributed by atoms with Crippen molar-refractivity contribution in [2.45, 2.75) is 45.1 Å². The highest BCUT2D eigenvalue weighted by atomic mass is 35.5. The Morgan fingerprint density at radius 1 is 1.35 bits per heavy atom. The minimum atomic E-state index is -0.922. The fourth-order valence-electron chi connectivity index (χ4n) is 2.88. The molecule has 0 saturated heterocycles. The van der Waals surface area contributed by atoms with Gasteiger partial charge in [-0.15, -0.1) is 12.4 Å². The Labute approximate surface area is 144 Å². The molecule has 0 fully saturated rings. The number of benzene rings is 1. The lowest BCUT2D eigenvalue weighted by Crippen LogP contribution is -2.54. The molecule has 0 radical (unpaired) electrons. The number of amides is 2. The molecule has 1 aliphatic heterocycles. The van der Waals surface area contributed by atoms with Crippen LogP contribution in [0.5, 0.6) is 0 Å². The Hall–Kier alpha value is -1.59. The molecular formula is C17H26ClN3O2. The zero-order chi connectivity index (χ0) is 16.2. The fraction of sp³-hybridized carbons (Fsp3) is 0.529. The molecule has 1 atom stereocenters. The third-order valence-electron chi connectivity index (χ3n) is 4.10. The van der Waals surface area contributed by atoms with E-state index in [1.165, 1.54) is 5.56 Å². The number of aryl methyl sites for hydroxylation is 1. The number of carbonyl (C=O) groups excluding carboxylic acids is 2. The number of rotatable bonds is 5. The van der Waals surface area contributed by atoms with E-state index in [1.807, 2.05) is 31.2 Å². The molecular weight excluding hydrogens is 314 g/mol. The molecule has 1 unspecified atom stereocenters. The molecule has 3 N–H and O–H groups in total. The van der Waals surface area contributed by atoms with E-state index in [0.717, 1.165) is 24.9 Å². The van der Waals surface area contributed by atoms with Crippen LogP contribution in [-0.4, -0.2) is 30.4 Å². The molecule has 1 aromatic rings. The van der Waals surface area contributed by atoms with Gasteiger partial charge >= 0.3 is 0 Å². The van der Waals surface area contributed by atoms with Crippen LogP contribution in [0.1, 0.15) is 38.7 Å². The van der Waals surface area contributed by atoms with Crippen LogP contribution in [0.4, 0.5) is 5.69 Å². The maximum atomic E-state index is 12.4. The van der Waals surface area contributed by atoms with Crippen molar-refractivity contribution in [2.75, 3.05) is 18.0 Å². The Balaban J connectivity index is 0.00000264. The third kappa shape index (κ3) is 4.69. The average molecular weight is 340 g/mol. The highest BCUT2D eigenvalue weighted by molar-refractivity contribution is 5.98. The van der Waals surface area contributed by atoms with E-state index in [0.29, 0.717) is 13.0 Å². The molecule has 1 aromatic carbocycles. The Morgan fingerprint density at radius 2 is 2.04 bits per heavy atom. The van der Waals surface area contributed by atoms with Crippen molar-refractivity contribution in [3.05, 3.63) is 29.8 Å². The summed E-state index contributed by atoms with van der Waals surface area (Å²) < 4.78 is 0. The zero-order valence-corrected chi connectivity index (χ0v) is 14.6. The molecule has 0 spiro atoms. The second kappa shape index (κ2) is 8.31. The molecule has 23 heavy (non-hydrogen) atoms. The zero-order valence-electron chi connectivity index (χ0n) is 13.8. The summed E-state index contributed by atoms with van der Waals surface area (Å²) >= 11 is 0. The minimum absolute atomic E-state index is 0. The summed E-state index contributed by atoms with van der Waals surface area (Å²) in [4.78, 5) is 26.3. The van der Waals surface area contributed by atoms with Crippen molar-refractivity contribution in [2.24, 2.45) is 5.73 Å². The first-order valence-electron chi connectivity index (χ1n) is 7.91. The quantitative estimate of drug-likeness (QED) is 0.861. The molecule has 1 aliphatic rings. The lowest BCUT2D eigenvalue weighted by molar-refractivity contribution is -0.128. The Kier molecular flexibility index (Phi) is 7.03. The summed E-state index contributed by atoms with van der Waals surface area (Å²) in [6.45, 7) is 4.37. The predicted octanol–water partition coefficient (Wildman–Crippen LogP) is 2.02. The van der Waals surface area contributed by atoms with Crippen LogP contribution >= 0.6 is 12.4 Å². The van der Waals surface area contributed by atoms with Gasteiger partial charge in [-0.05, 0) is 37.8 Å². The monoisotopic (exact) mass is 339 g/mol. The summed E-state index contributed by atoms with van der Waals surface area (Å²) in [6, 6.07) is 7.92. The van der Waals surface area contributed by atoms with Gasteiger partial charge in [-0.1, -0.05) is 31.5 Å². The van der Waals surface area contributed by atoms with Gasteiger partial charge in [0.2, 0.25) is 11.8 Å². The highest BCUT2D eigenvalue weighted by Crippen LogP contribution is 2.26. The first kappa shape index (κ1) is 19.5. The lowest BCUT2D eigenvalue weighted by Gasteiger charge is -2.30. The molecule has 1 heterocycles. The SMILES string of the molecule is CCCC(C)(N)C(=O)NCC(=O)N1CCCc2ccccc21.Cl. The van der Waals surface area contributed by atoms with E-state index in [-0.39, 0.29) is 30.8 Å². The first-order chi connectivity index (χ1) is 10.5. The summed E-state index contributed by atoms with van der Waals surface area (Å²) in [5, 5.41) is 2.68. The van der Waals surface area contributed by atoms with E-state index in [2.05, 4.69) is 5.32 Å². The molecule has 128 valence electrons. The van der Waals surface area contributed by atoms with Gasteiger partial charge in [-0.2, -0.15) is 0 Å². The normalized spacial score (nSPS) is 15.9. The third-order valence-corrected chi connectivity index (χ3v) is 4.10. The number of para-hydroxylation sites is 1. The van der Waals surface area contributed by atoms with Crippen molar-refractivity contribution in [1.29, 1.82) is 0 Å². The van der Waals surface area contributed by atoms with Gasteiger partial charge in [0.15, 0.2) is 0 Å². The number of nitrogens with two attached hydrogens (primary N) is 1. The van der Waals surface area contributed by atoms with Crippen molar-refractivity contribution in [1.82, 2.24) is 5.32 Å². The van der Waals surface area contributed by atoms with Crippen LogP contribution in [-0.2, 0) is 16.0 Å². The lowest BCUT2D eigenvalue weighted by atomic mass is 9.96. The highest BCUT2D eigenvalue weighted by Gasteiger charge is 2.28. The minimum Gasteiger partial charge on any atom is -0.345 e. The van der Waals surface area contributed by atoms with Crippen LogP contribution < -0.4 is 16.0 Å². The van der Waals surface area contributed by atoms with E-state index in [9.17, 15) is 9.59 Å². The van der Waals surface area contributed by atoms with Gasteiger partial charge in [-0.3, -0.25) is 9.59 Å². The molecule has 0 saturated carbocycles. The van der Waals surface area contributed by atoms with Gasteiger partial charge in [0.1, 0.15) is 0 Å². The van der Waals surface area contributed by atoms with E-state index in [1.54, 1.807) is 11.8 Å². The first-order valence-corrected chi connectivity index (χ1v) is 7.91. The van der Waals surface area contributed by atoms with Gasteiger partial charge in [-0.25, -0.2) is 0 Å². The number of carbonyl (C=O) groups is 2. The predicted molar refractivity (Wildman–Crippen MR) is 94.9 cm³/mol. The summed E-state index contributed by atoms with van der Waals surface area (Å²) in [6.07, 6.45) is 3.36. The number of hydrogen-bond acceptors (Lipinski definition) is 3. The van der Waals surface area contributed by atoms with Crippen molar-refractivity contribution >= 4 is 29.9 Å². The fourth-order valence-corrected chi connectivity index (χ4v) is 2.88. The van der Waals surface area contributed by atoms with Crippen LogP contribution in [0.3, 0.4) is 0 Å². The van der Waals surface area contributed by atoms with Crippen LogP contribution in [0, 0.1) is 0 Å². The molecule has 0 aliphatic carbocycles. The molecule has 2 amide bonds. The van der Waals surface area contributed by atoms with Gasteiger partial charge in [0.05, 0.1) is 12.1 Å². The maximum absolute atomic E-state index is 12.4. The molecule has 2 rings (SSSR count). The number of anilines is 1. The standard InChI is InChI=1S/C17H25N3O2.ClH/c1-3-10-17(2,18)16(22)19-12-15(21)20-11-6-8-13-7-4-5-9-14(13)20;/h4-5,7,9H,3,6,8,10-12,18H2,1-2H3,(H,19,22);1H. The second-order valence-electron chi connectivity index (χ2n) is 6.13. The van der Waals surface area contributed by atoms with E-state index >= 15 is 0 Å². The molecule has 0 aromatic heterocycles. The number of fused-ring (bicyclic) bond motifs is 1. The Bertz CT molecular complexity index is 561. The summed E-state index contributed by atoms with van der Waals surface area (Å²) in [7, 11) is 0. The van der Waals surface area contributed by atoms with E-state index < -0.39 is 5.54 Å². The van der Waals surface area contributed by atoms with Crippen molar-refractivity contribution < 1.29 is 9.59 Å². The number of nitrogens with zero attached hydrogens (tertiary/aromatic N) is 1. The maximum Gasteiger partial charge on any atom is 0.246 e. The average Bonchev–Trinajstić information content (AvgIpc) is 2.51. The number of nitrogens with one attached hydrogen (secondary N) is 1. The van der Waals surface area contributed by atoms with Gasteiger partial charge in [0.25, 0.3) is 0 Å². The van der Waals surface area contributed by atoms with Gasteiger partial charge in [0, 0.05) is 12.2 Å². The second-order valence-corrected chi connectivity index (χ2v) is 6.13. The molecule has 5 nitrogen and oxygen atoms in total. The van der Waals surface area contributed by atoms with Crippen molar-refractivity contribution in [3.8, 4) is 0 Å². The van der Waals surface area contributed by atoms with Crippen LogP contribution in [0.25, 0.3) is 0 Å². The van der Waals surface area contributed by atoms with E-state index in [4.69, 9.17) is 5.73 Å². The van der Waals surface area contributed by atoms with Crippen LogP contribution in [0.15, 0.2) is 24.3 Å². The Morgan fingerprint density at radius 3 is 2.74 bits per heavy atom. The molecule has 0 bridgehead atoms. The largest absolute Gasteiger partial charge is 0.345 e.